The van der Waals surface area contributed by atoms with Gasteiger partial charge in [-0.1, -0.05) is 26.1 Å². The van der Waals surface area contributed by atoms with Crippen LogP contribution in [0.5, 0.6) is 0 Å². The van der Waals surface area contributed by atoms with Gasteiger partial charge in [-0.05, 0) is 43.7 Å². The van der Waals surface area contributed by atoms with Gasteiger partial charge in [-0.3, -0.25) is 0 Å². The maximum atomic E-state index is 5.89. The Kier molecular flexibility index (Phi) is 4.09. The number of rotatable bonds is 3. The normalized spacial score (nSPS) is 19.2. The van der Waals surface area contributed by atoms with Crippen LogP contribution >= 0.6 is 12.2 Å². The van der Waals surface area contributed by atoms with E-state index in [0.717, 1.165) is 41.6 Å². The molecule has 0 spiro atoms. The second-order valence-electron chi connectivity index (χ2n) is 5.88. The molecule has 0 aliphatic carbocycles. The molecule has 0 saturated carbocycles. The van der Waals surface area contributed by atoms with Crippen molar-refractivity contribution in [3.8, 4) is 0 Å². The second-order valence-corrected chi connectivity index (χ2v) is 6.32. The molecule has 1 saturated heterocycles. The second kappa shape index (κ2) is 5.45. The highest BCUT2D eigenvalue weighted by atomic mass is 32.1. The van der Waals surface area contributed by atoms with E-state index in [4.69, 9.17) is 18.0 Å². The van der Waals surface area contributed by atoms with Crippen molar-refractivity contribution < 1.29 is 0 Å². The van der Waals surface area contributed by atoms with Gasteiger partial charge in [0.1, 0.15) is 10.8 Å². The zero-order chi connectivity index (χ0) is 14.2. The maximum absolute atomic E-state index is 5.89. The average molecular weight is 277 g/mol. The summed E-state index contributed by atoms with van der Waals surface area (Å²) in [7, 11) is 0. The first-order chi connectivity index (χ1) is 8.90. The standard InChI is InChI=1S/C15H23N3S/c1-9(2)12-5-6-18(8-12)15-13(14(16)19)10(3)7-11(4)17-15/h7,9,12H,5-6,8H2,1-4H3,(H2,16,19). The minimum absolute atomic E-state index is 0.452. The van der Waals surface area contributed by atoms with E-state index in [1.54, 1.807) is 0 Å². The van der Waals surface area contributed by atoms with Gasteiger partial charge in [-0.15, -0.1) is 0 Å². The van der Waals surface area contributed by atoms with Crippen LogP contribution in [0.15, 0.2) is 6.07 Å². The molecule has 104 valence electrons. The molecule has 1 unspecified atom stereocenters. The van der Waals surface area contributed by atoms with Gasteiger partial charge in [0.25, 0.3) is 0 Å². The summed E-state index contributed by atoms with van der Waals surface area (Å²) >= 11 is 5.21. The smallest absolute Gasteiger partial charge is 0.139 e. The van der Waals surface area contributed by atoms with E-state index in [-0.39, 0.29) is 0 Å². The van der Waals surface area contributed by atoms with Gasteiger partial charge in [-0.25, -0.2) is 4.98 Å². The van der Waals surface area contributed by atoms with Gasteiger partial charge < -0.3 is 10.6 Å². The van der Waals surface area contributed by atoms with Crippen LogP contribution < -0.4 is 10.6 Å². The lowest BCUT2D eigenvalue weighted by atomic mass is 9.95. The lowest BCUT2D eigenvalue weighted by Crippen LogP contribution is -2.27. The minimum atomic E-state index is 0.452. The Morgan fingerprint density at radius 3 is 2.68 bits per heavy atom. The molecule has 2 rings (SSSR count). The molecule has 1 aliphatic heterocycles. The largest absolute Gasteiger partial charge is 0.389 e. The van der Waals surface area contributed by atoms with Gasteiger partial charge in [0.05, 0.1) is 5.56 Å². The van der Waals surface area contributed by atoms with E-state index < -0.39 is 0 Å². The van der Waals surface area contributed by atoms with Crippen molar-refractivity contribution >= 4 is 23.0 Å². The van der Waals surface area contributed by atoms with Crippen molar-refractivity contribution in [2.75, 3.05) is 18.0 Å². The first-order valence-corrected chi connectivity index (χ1v) is 7.34. The van der Waals surface area contributed by atoms with E-state index >= 15 is 0 Å². The Balaban J connectivity index is 2.37. The Bertz CT molecular complexity index is 496. The van der Waals surface area contributed by atoms with E-state index in [1.165, 1.54) is 6.42 Å². The average Bonchev–Trinajstić information content (AvgIpc) is 2.76. The molecular formula is C15H23N3S. The molecule has 1 aliphatic rings. The topological polar surface area (TPSA) is 42.1 Å². The molecular weight excluding hydrogens is 254 g/mol. The molecule has 2 N–H and O–H groups in total. The van der Waals surface area contributed by atoms with Gasteiger partial charge in [0.2, 0.25) is 0 Å². The van der Waals surface area contributed by atoms with Crippen LogP contribution in [0.25, 0.3) is 0 Å². The highest BCUT2D eigenvalue weighted by Crippen LogP contribution is 2.30. The molecule has 0 amide bonds. The summed E-state index contributed by atoms with van der Waals surface area (Å²) in [6.45, 7) is 10.8. The molecule has 1 atom stereocenters. The Morgan fingerprint density at radius 1 is 1.47 bits per heavy atom. The fourth-order valence-corrected chi connectivity index (χ4v) is 3.13. The molecule has 4 heteroatoms. The van der Waals surface area contributed by atoms with Crippen LogP contribution in [-0.4, -0.2) is 23.1 Å². The number of hydrogen-bond acceptors (Lipinski definition) is 3. The van der Waals surface area contributed by atoms with Crippen molar-refractivity contribution in [1.29, 1.82) is 0 Å². The summed E-state index contributed by atoms with van der Waals surface area (Å²) in [6, 6.07) is 2.05. The zero-order valence-electron chi connectivity index (χ0n) is 12.2. The van der Waals surface area contributed by atoms with Crippen molar-refractivity contribution in [3.63, 3.8) is 0 Å². The number of pyridine rings is 1. The third-order valence-corrected chi connectivity index (χ3v) is 4.24. The number of aryl methyl sites for hydroxylation is 2. The van der Waals surface area contributed by atoms with Crippen LogP contribution in [0.1, 0.15) is 37.1 Å². The summed E-state index contributed by atoms with van der Waals surface area (Å²) in [5.74, 6) is 2.43. The summed E-state index contributed by atoms with van der Waals surface area (Å²) in [5, 5.41) is 0. The predicted octanol–water partition coefficient (Wildman–Crippen LogP) is 2.81. The SMILES string of the molecule is Cc1cc(C)c(C(N)=S)c(N2CCC(C(C)C)C2)n1. The molecule has 19 heavy (non-hydrogen) atoms. The van der Waals surface area contributed by atoms with E-state index in [0.29, 0.717) is 10.9 Å². The summed E-state index contributed by atoms with van der Waals surface area (Å²) in [5.41, 5.74) is 9.00. The van der Waals surface area contributed by atoms with Crippen LogP contribution in [0.3, 0.4) is 0 Å². The van der Waals surface area contributed by atoms with Crippen LogP contribution in [-0.2, 0) is 0 Å². The number of anilines is 1. The van der Waals surface area contributed by atoms with Gasteiger partial charge >= 0.3 is 0 Å². The third kappa shape index (κ3) is 2.89. The molecule has 2 heterocycles. The molecule has 1 fully saturated rings. The van der Waals surface area contributed by atoms with Crippen molar-refractivity contribution in [3.05, 3.63) is 22.9 Å². The highest BCUT2D eigenvalue weighted by molar-refractivity contribution is 7.80. The minimum Gasteiger partial charge on any atom is -0.389 e. The Hall–Kier alpha value is -1.16. The summed E-state index contributed by atoms with van der Waals surface area (Å²) < 4.78 is 0. The molecule has 1 aromatic heterocycles. The predicted molar refractivity (Wildman–Crippen MR) is 84.8 cm³/mol. The van der Waals surface area contributed by atoms with Crippen molar-refractivity contribution in [2.24, 2.45) is 17.6 Å². The number of aromatic nitrogens is 1. The highest BCUT2D eigenvalue weighted by Gasteiger charge is 2.28. The van der Waals surface area contributed by atoms with Crippen LogP contribution in [0, 0.1) is 25.7 Å². The fourth-order valence-electron chi connectivity index (χ4n) is 2.87. The van der Waals surface area contributed by atoms with Crippen LogP contribution in [0.2, 0.25) is 0 Å². The summed E-state index contributed by atoms with van der Waals surface area (Å²) in [4.78, 5) is 7.49. The summed E-state index contributed by atoms with van der Waals surface area (Å²) in [6.07, 6.45) is 1.23. The number of hydrogen-bond donors (Lipinski definition) is 1. The van der Waals surface area contributed by atoms with Crippen molar-refractivity contribution in [1.82, 2.24) is 4.98 Å². The number of nitrogens with zero attached hydrogens (tertiary/aromatic N) is 2. The first-order valence-electron chi connectivity index (χ1n) is 6.93. The zero-order valence-corrected chi connectivity index (χ0v) is 13.0. The number of nitrogens with two attached hydrogens (primary N) is 1. The van der Waals surface area contributed by atoms with Crippen LogP contribution in [0.4, 0.5) is 5.82 Å². The monoisotopic (exact) mass is 277 g/mol. The molecule has 1 aromatic rings. The molecule has 0 bridgehead atoms. The Labute approximate surface area is 121 Å². The van der Waals surface area contributed by atoms with Gasteiger partial charge in [0.15, 0.2) is 0 Å². The van der Waals surface area contributed by atoms with E-state index in [1.807, 2.05) is 13.0 Å². The molecule has 0 radical (unpaired) electrons. The van der Waals surface area contributed by atoms with E-state index in [2.05, 4.69) is 30.7 Å². The molecule has 3 nitrogen and oxygen atoms in total. The van der Waals surface area contributed by atoms with Crippen molar-refractivity contribution in [2.45, 2.75) is 34.1 Å². The lowest BCUT2D eigenvalue weighted by Gasteiger charge is -2.23. The maximum Gasteiger partial charge on any atom is 0.139 e. The first kappa shape index (κ1) is 14.3. The van der Waals surface area contributed by atoms with Gasteiger partial charge in [0, 0.05) is 18.8 Å². The van der Waals surface area contributed by atoms with Gasteiger partial charge in [-0.2, -0.15) is 0 Å². The fraction of sp³-hybridized carbons (Fsp3) is 0.600. The molecule has 0 aromatic carbocycles. The quantitative estimate of drug-likeness (QED) is 0.863. The number of thiocarbonyl (C=S) groups is 1. The third-order valence-electron chi connectivity index (χ3n) is 4.04. The lowest BCUT2D eigenvalue weighted by molar-refractivity contribution is 0.422. The Morgan fingerprint density at radius 2 is 2.16 bits per heavy atom. The van der Waals surface area contributed by atoms with E-state index in [9.17, 15) is 0 Å².